The molecule has 0 aromatic heterocycles. The lowest BCUT2D eigenvalue weighted by atomic mass is 10.1. The lowest BCUT2D eigenvalue weighted by Gasteiger charge is -2.28. The molecule has 0 saturated carbocycles. The maximum Gasteiger partial charge on any atom is 0.255 e. The van der Waals surface area contributed by atoms with Crippen molar-refractivity contribution >= 4 is 28.3 Å². The van der Waals surface area contributed by atoms with Gasteiger partial charge in [-0.3, -0.25) is 4.79 Å². The highest BCUT2D eigenvalue weighted by Gasteiger charge is 2.34. The lowest BCUT2D eigenvalue weighted by Crippen LogP contribution is -2.40. The first-order valence-corrected chi connectivity index (χ1v) is 11.1. The van der Waals surface area contributed by atoms with E-state index in [1.54, 1.807) is 24.3 Å². The van der Waals surface area contributed by atoms with Crippen molar-refractivity contribution in [2.75, 3.05) is 26.2 Å². The molecule has 6 nitrogen and oxygen atoms in total. The molecule has 2 atom stereocenters. The molecule has 1 N–H and O–H groups in total. The number of benzene rings is 1. The van der Waals surface area contributed by atoms with Crippen LogP contribution in [0, 0.1) is 0 Å². The van der Waals surface area contributed by atoms with Gasteiger partial charge in [0, 0.05) is 38.3 Å². The number of piperidine rings is 1. The fraction of sp³-hybridized carbons (Fsp3) is 0.632. The van der Waals surface area contributed by atoms with Gasteiger partial charge in [-0.05, 0) is 44.2 Å². The van der Waals surface area contributed by atoms with Gasteiger partial charge in [-0.15, -0.1) is 12.4 Å². The molecule has 0 radical (unpaired) electrons. The summed E-state index contributed by atoms with van der Waals surface area (Å²) in [5, 5.41) is 3.57. The predicted octanol–water partition coefficient (Wildman–Crippen LogP) is 2.25. The van der Waals surface area contributed by atoms with Crippen LogP contribution in [0.1, 0.15) is 48.9 Å². The number of nitrogens with one attached hydrogen (secondary N) is 1. The number of fused-ring (bicyclic) bond motifs is 2. The third-order valence-electron chi connectivity index (χ3n) is 5.86. The molecule has 4 rings (SSSR count). The number of rotatable bonds is 3. The highest BCUT2D eigenvalue weighted by molar-refractivity contribution is 7.89. The van der Waals surface area contributed by atoms with Crippen molar-refractivity contribution in [3.05, 3.63) is 29.8 Å². The summed E-state index contributed by atoms with van der Waals surface area (Å²) < 4.78 is 27.8. The molecule has 2 bridgehead atoms. The molecule has 3 aliphatic heterocycles. The lowest BCUT2D eigenvalue weighted by molar-refractivity contribution is 0.0744. The van der Waals surface area contributed by atoms with Crippen LogP contribution in [0.15, 0.2) is 29.2 Å². The van der Waals surface area contributed by atoms with Crippen LogP contribution in [-0.2, 0) is 10.0 Å². The first-order chi connectivity index (χ1) is 12.6. The number of carbonyl (C=O) groups is 1. The van der Waals surface area contributed by atoms with E-state index in [1.807, 2.05) is 4.90 Å². The second-order valence-corrected chi connectivity index (χ2v) is 9.54. The van der Waals surface area contributed by atoms with Gasteiger partial charge in [0.25, 0.3) is 5.91 Å². The quantitative estimate of drug-likeness (QED) is 0.825. The van der Waals surface area contributed by atoms with Gasteiger partial charge in [-0.2, -0.15) is 4.31 Å². The van der Waals surface area contributed by atoms with Gasteiger partial charge in [0.2, 0.25) is 10.0 Å². The Balaban J connectivity index is 0.00000210. The minimum Gasteiger partial charge on any atom is -0.337 e. The van der Waals surface area contributed by atoms with E-state index in [0.29, 0.717) is 43.8 Å². The summed E-state index contributed by atoms with van der Waals surface area (Å²) in [5.41, 5.74) is 0.316. The second kappa shape index (κ2) is 8.47. The molecule has 3 aliphatic rings. The Morgan fingerprint density at radius 2 is 1.67 bits per heavy atom. The summed E-state index contributed by atoms with van der Waals surface area (Å²) in [6.07, 6.45) is 6.03. The van der Waals surface area contributed by atoms with Crippen LogP contribution < -0.4 is 5.32 Å². The average Bonchev–Trinajstić information content (AvgIpc) is 3.00. The Bertz CT molecular complexity index is 780. The van der Waals surface area contributed by atoms with Crippen molar-refractivity contribution in [1.82, 2.24) is 14.5 Å². The fourth-order valence-electron chi connectivity index (χ4n) is 4.41. The van der Waals surface area contributed by atoms with E-state index in [4.69, 9.17) is 0 Å². The fourth-order valence-corrected chi connectivity index (χ4v) is 6.11. The number of carbonyl (C=O) groups excluding carboxylic acids is 1. The molecule has 1 aromatic carbocycles. The third kappa shape index (κ3) is 4.16. The number of halogens is 1. The molecule has 0 spiro atoms. The summed E-state index contributed by atoms with van der Waals surface area (Å²) in [6.45, 7) is 2.43. The van der Waals surface area contributed by atoms with E-state index in [1.165, 1.54) is 10.7 Å². The molecule has 3 heterocycles. The normalized spacial score (nSPS) is 26.3. The van der Waals surface area contributed by atoms with Gasteiger partial charge in [-0.1, -0.05) is 18.6 Å². The average molecular weight is 414 g/mol. The maximum atomic E-state index is 13.2. The van der Waals surface area contributed by atoms with Gasteiger partial charge in [-0.25, -0.2) is 8.42 Å². The van der Waals surface area contributed by atoms with Gasteiger partial charge < -0.3 is 10.2 Å². The molecule has 27 heavy (non-hydrogen) atoms. The zero-order valence-electron chi connectivity index (χ0n) is 15.5. The van der Waals surface area contributed by atoms with E-state index >= 15 is 0 Å². The number of hydrogen-bond donors (Lipinski definition) is 1. The van der Waals surface area contributed by atoms with E-state index in [2.05, 4.69) is 5.32 Å². The molecule has 8 heteroatoms. The summed E-state index contributed by atoms with van der Waals surface area (Å²) in [4.78, 5) is 15.2. The Morgan fingerprint density at radius 3 is 2.44 bits per heavy atom. The van der Waals surface area contributed by atoms with Crippen LogP contribution in [-0.4, -0.2) is 61.8 Å². The Kier molecular flexibility index (Phi) is 6.46. The summed E-state index contributed by atoms with van der Waals surface area (Å²) in [5.74, 6) is -0.157. The molecule has 150 valence electrons. The number of nitrogens with zero attached hydrogens (tertiary/aromatic N) is 2. The second-order valence-electron chi connectivity index (χ2n) is 7.64. The highest BCUT2D eigenvalue weighted by Crippen LogP contribution is 2.26. The molecule has 0 aliphatic carbocycles. The Morgan fingerprint density at radius 1 is 0.963 bits per heavy atom. The number of likely N-dealkylation sites (tertiary alicyclic amines) is 1. The summed E-state index contributed by atoms with van der Waals surface area (Å²) in [7, 11) is -3.63. The molecule has 3 saturated heterocycles. The zero-order chi connectivity index (χ0) is 18.1. The first-order valence-electron chi connectivity index (χ1n) is 9.70. The largest absolute Gasteiger partial charge is 0.337 e. The zero-order valence-corrected chi connectivity index (χ0v) is 17.1. The van der Waals surface area contributed by atoms with E-state index < -0.39 is 10.0 Å². The molecular weight excluding hydrogens is 386 g/mol. The first kappa shape index (κ1) is 20.6. The minimum atomic E-state index is -3.63. The topological polar surface area (TPSA) is 69.7 Å². The smallest absolute Gasteiger partial charge is 0.255 e. The van der Waals surface area contributed by atoms with Crippen LogP contribution in [0.25, 0.3) is 0 Å². The van der Waals surface area contributed by atoms with E-state index in [0.717, 1.165) is 32.1 Å². The number of amides is 1. The van der Waals surface area contributed by atoms with Gasteiger partial charge in [0.15, 0.2) is 0 Å². The standard InChI is InChI=1S/C19H27N3O3S.ClH/c23-19(21-13-10-15-8-9-16(14-21)20-15)17-6-2-3-7-18(17)26(24,25)22-11-4-1-5-12-22;/h2-3,6-7,15-16,20H,1,4-5,8-14H2;1H. The highest BCUT2D eigenvalue weighted by atomic mass is 35.5. The van der Waals surface area contributed by atoms with Crippen molar-refractivity contribution in [2.24, 2.45) is 0 Å². The minimum absolute atomic E-state index is 0. The van der Waals surface area contributed by atoms with Crippen LogP contribution >= 0.6 is 12.4 Å². The molecule has 2 unspecified atom stereocenters. The van der Waals surface area contributed by atoms with Crippen LogP contribution in [0.2, 0.25) is 0 Å². The SMILES string of the molecule is Cl.O=C(c1ccccc1S(=O)(=O)N1CCCCC1)N1CCC2CCC(C1)N2. The Hall–Kier alpha value is -1.15. The monoisotopic (exact) mass is 413 g/mol. The molecular formula is C19H28ClN3O3S. The van der Waals surface area contributed by atoms with Crippen LogP contribution in [0.3, 0.4) is 0 Å². The van der Waals surface area contributed by atoms with Crippen molar-refractivity contribution in [2.45, 2.75) is 55.5 Å². The predicted molar refractivity (Wildman–Crippen MR) is 107 cm³/mol. The van der Waals surface area contributed by atoms with Crippen molar-refractivity contribution in [3.63, 3.8) is 0 Å². The number of hydrogen-bond acceptors (Lipinski definition) is 4. The van der Waals surface area contributed by atoms with Gasteiger partial charge >= 0.3 is 0 Å². The molecule has 1 amide bonds. The van der Waals surface area contributed by atoms with Crippen molar-refractivity contribution < 1.29 is 13.2 Å². The Labute approximate surface area is 167 Å². The van der Waals surface area contributed by atoms with E-state index in [9.17, 15) is 13.2 Å². The summed E-state index contributed by atoms with van der Waals surface area (Å²) in [6, 6.07) is 7.53. The van der Waals surface area contributed by atoms with E-state index in [-0.39, 0.29) is 23.2 Å². The van der Waals surface area contributed by atoms with Crippen LogP contribution in [0.4, 0.5) is 0 Å². The van der Waals surface area contributed by atoms with Gasteiger partial charge in [0.1, 0.15) is 0 Å². The van der Waals surface area contributed by atoms with Crippen LogP contribution in [0.5, 0.6) is 0 Å². The third-order valence-corrected chi connectivity index (χ3v) is 7.82. The van der Waals surface area contributed by atoms with Gasteiger partial charge in [0.05, 0.1) is 10.5 Å². The molecule has 1 aromatic rings. The summed E-state index contributed by atoms with van der Waals surface area (Å²) >= 11 is 0. The molecule has 3 fully saturated rings. The van der Waals surface area contributed by atoms with Crippen molar-refractivity contribution in [3.8, 4) is 0 Å². The maximum absolute atomic E-state index is 13.2. The van der Waals surface area contributed by atoms with Crippen molar-refractivity contribution in [1.29, 1.82) is 0 Å². The number of sulfonamides is 1.